The zero-order chi connectivity index (χ0) is 32.1. The van der Waals surface area contributed by atoms with Crippen LogP contribution in [0.5, 0.6) is 0 Å². The smallest absolute Gasteiger partial charge is 0.550 e. The molecule has 0 radical (unpaired) electrons. The van der Waals surface area contributed by atoms with E-state index >= 15 is 0 Å². The zero-order valence-electron chi connectivity index (χ0n) is 29.9. The van der Waals surface area contributed by atoms with Crippen LogP contribution < -0.4 is 69.3 Å². The number of fused-ring (bicyclic) bond motifs is 7. The molecule has 9 atom stereocenters. The first-order valence-electron chi connectivity index (χ1n) is 17.2. The predicted octanol–water partition coefficient (Wildman–Crippen LogP) is 0.215. The molecule has 0 bridgehead atoms. The maximum Gasteiger partial charge on any atom is 1.00 e. The molecule has 0 aromatic heterocycles. The monoisotopic (exact) mass is 650 g/mol. The summed E-state index contributed by atoms with van der Waals surface area (Å²) in [6.45, 7) is 16.7. The third-order valence-corrected chi connectivity index (χ3v) is 15.2. The summed E-state index contributed by atoms with van der Waals surface area (Å²) in [5.41, 5.74) is -0.626. The first kappa shape index (κ1) is 38.4. The van der Waals surface area contributed by atoms with Gasteiger partial charge >= 0.3 is 65.1 Å². The Kier molecular flexibility index (Phi) is 10.7. The van der Waals surface area contributed by atoms with E-state index in [4.69, 9.17) is 4.74 Å². The van der Waals surface area contributed by atoms with Gasteiger partial charge in [0.1, 0.15) is 6.10 Å². The molecule has 5 fully saturated rings. The number of carbonyl (C=O) groups excluding carboxylic acids is 3. The average molecular weight is 651 g/mol. The normalized spacial score (nSPS) is 41.8. The van der Waals surface area contributed by atoms with Crippen LogP contribution in [0.2, 0.25) is 0 Å². The number of carboxylic acid groups (broad SMARTS) is 2. The molecule has 1 aromatic carbocycles. The van der Waals surface area contributed by atoms with Crippen LogP contribution in [0.1, 0.15) is 140 Å². The van der Waals surface area contributed by atoms with Crippen molar-refractivity contribution in [1.29, 1.82) is 0 Å². The van der Waals surface area contributed by atoms with Crippen molar-refractivity contribution in [1.82, 2.24) is 0 Å². The first-order chi connectivity index (χ1) is 20.4. The average Bonchev–Trinajstić information content (AvgIpc) is 2.94. The molecule has 5 saturated carbocycles. The van der Waals surface area contributed by atoms with Gasteiger partial charge in [0.2, 0.25) is 0 Å². The summed E-state index contributed by atoms with van der Waals surface area (Å²) < 4.78 is 6.16. The van der Waals surface area contributed by atoms with E-state index in [1.165, 1.54) is 12.1 Å². The Bertz CT molecular complexity index is 1370. The molecule has 5 aliphatic rings. The molecule has 6 nitrogen and oxygen atoms in total. The minimum absolute atomic E-state index is 0. The number of benzene rings is 1. The van der Waals surface area contributed by atoms with E-state index in [2.05, 4.69) is 48.5 Å². The van der Waals surface area contributed by atoms with Crippen LogP contribution in [0.4, 0.5) is 0 Å². The van der Waals surface area contributed by atoms with Crippen molar-refractivity contribution >= 4 is 17.9 Å². The number of aliphatic carboxylic acids is 1. The standard InChI is InChI=1S/C38H54O6.2Na/c1-33(2)18-20-38(32(42)43)21-19-36(6)25(26(38)22-33)12-13-28-35(5)16-15-29(34(3,4)27(35)14-17-37(28,36)7)44-31(41)24-11-9-8-10-23(24)30(39)40;;/h8-11,25-29H,12-22H2,1-7H3,(H,39,40)(H,42,43);;/q;2*+1/p-2/t25?,26?,27?,28?,29-,35-,36+,37+,38-;;/m0../s1. The van der Waals surface area contributed by atoms with E-state index in [1.807, 2.05) is 0 Å². The van der Waals surface area contributed by atoms with Gasteiger partial charge in [-0.1, -0.05) is 66.7 Å². The van der Waals surface area contributed by atoms with Crippen molar-refractivity contribution in [2.75, 3.05) is 0 Å². The van der Waals surface area contributed by atoms with Crippen molar-refractivity contribution in [3.63, 3.8) is 0 Å². The Balaban J connectivity index is 0.00000240. The second kappa shape index (κ2) is 12.7. The number of aromatic carboxylic acids is 1. The number of carbonyl (C=O) groups is 3. The first-order valence-corrected chi connectivity index (χ1v) is 17.2. The van der Waals surface area contributed by atoms with Gasteiger partial charge in [0.25, 0.3) is 0 Å². The van der Waals surface area contributed by atoms with E-state index in [0.717, 1.165) is 70.6 Å². The molecule has 46 heavy (non-hydrogen) atoms. The van der Waals surface area contributed by atoms with E-state index in [9.17, 15) is 24.6 Å². The predicted molar refractivity (Wildman–Crippen MR) is 164 cm³/mol. The van der Waals surface area contributed by atoms with Gasteiger partial charge in [0, 0.05) is 22.4 Å². The summed E-state index contributed by atoms with van der Waals surface area (Å²) in [5, 5.41) is 24.5. The SMILES string of the molecule is CC1(C)CC[C@]2(C(=O)[O-])CC[C@]3(C)C(CCC4[C@@]5(C)CC[C@H](OC(=O)c6ccccc6C(=O)[O-])C(C)(C)C5CC[C@]43C)C2C1.[Na+].[Na+]. The third kappa shape index (κ3) is 5.54. The number of hydrogen-bond acceptors (Lipinski definition) is 6. The van der Waals surface area contributed by atoms with Crippen molar-refractivity contribution in [2.24, 2.45) is 56.2 Å². The molecule has 0 amide bonds. The summed E-state index contributed by atoms with van der Waals surface area (Å²) in [5.74, 6) is -1.33. The van der Waals surface area contributed by atoms with E-state index in [0.29, 0.717) is 17.8 Å². The number of esters is 1. The minimum atomic E-state index is -1.37. The van der Waals surface area contributed by atoms with E-state index in [-0.39, 0.29) is 109 Å². The van der Waals surface area contributed by atoms with Gasteiger partial charge in [-0.05, 0) is 122 Å². The maximum absolute atomic E-state index is 13.3. The van der Waals surface area contributed by atoms with Crippen LogP contribution in [0, 0.1) is 56.2 Å². The van der Waals surface area contributed by atoms with Crippen LogP contribution in [0.15, 0.2) is 24.3 Å². The van der Waals surface area contributed by atoms with Crippen molar-refractivity contribution < 1.29 is 88.4 Å². The Hall–Kier alpha value is -0.370. The number of carboxylic acids is 2. The van der Waals surface area contributed by atoms with Crippen molar-refractivity contribution in [3.8, 4) is 0 Å². The van der Waals surface area contributed by atoms with Gasteiger partial charge in [-0.25, -0.2) is 4.79 Å². The Morgan fingerprint density at radius 2 is 1.33 bits per heavy atom. The quantitative estimate of drug-likeness (QED) is 0.341. The molecule has 0 N–H and O–H groups in total. The van der Waals surface area contributed by atoms with Gasteiger partial charge in [-0.2, -0.15) is 0 Å². The molecule has 242 valence electrons. The molecule has 8 heteroatoms. The molecule has 0 aliphatic heterocycles. The fourth-order valence-electron chi connectivity index (χ4n) is 12.6. The molecular weight excluding hydrogens is 598 g/mol. The topological polar surface area (TPSA) is 107 Å². The Labute approximate surface area is 320 Å². The molecule has 5 aliphatic carbocycles. The third-order valence-electron chi connectivity index (χ3n) is 15.2. The van der Waals surface area contributed by atoms with Gasteiger partial charge in [-0.15, -0.1) is 0 Å². The Morgan fingerprint density at radius 3 is 1.96 bits per heavy atom. The maximum atomic E-state index is 13.3. The van der Waals surface area contributed by atoms with E-state index in [1.54, 1.807) is 12.1 Å². The summed E-state index contributed by atoms with van der Waals surface area (Å²) >= 11 is 0. The molecule has 0 heterocycles. The largest absolute Gasteiger partial charge is 1.00 e. The molecule has 4 unspecified atom stereocenters. The fraction of sp³-hybridized carbons (Fsp3) is 0.763. The van der Waals surface area contributed by atoms with Crippen LogP contribution in [-0.4, -0.2) is 24.0 Å². The van der Waals surface area contributed by atoms with Crippen LogP contribution >= 0.6 is 0 Å². The summed E-state index contributed by atoms with van der Waals surface area (Å²) in [6.07, 6.45) is 10.1. The van der Waals surface area contributed by atoms with Gasteiger partial charge in [0.15, 0.2) is 0 Å². The fourth-order valence-corrected chi connectivity index (χ4v) is 12.6. The molecular formula is C38H52Na2O6. The summed E-state index contributed by atoms with van der Waals surface area (Å²) in [7, 11) is 0. The van der Waals surface area contributed by atoms with Gasteiger partial charge in [-0.3, -0.25) is 0 Å². The number of rotatable bonds is 4. The van der Waals surface area contributed by atoms with E-state index < -0.39 is 23.3 Å². The summed E-state index contributed by atoms with van der Waals surface area (Å²) in [4.78, 5) is 37.8. The van der Waals surface area contributed by atoms with Crippen LogP contribution in [-0.2, 0) is 9.53 Å². The van der Waals surface area contributed by atoms with Gasteiger partial charge in [0.05, 0.1) is 11.5 Å². The van der Waals surface area contributed by atoms with Crippen molar-refractivity contribution in [3.05, 3.63) is 35.4 Å². The van der Waals surface area contributed by atoms with Crippen LogP contribution in [0.25, 0.3) is 0 Å². The second-order valence-electron chi connectivity index (χ2n) is 17.7. The number of hydrogen-bond donors (Lipinski definition) is 0. The summed E-state index contributed by atoms with van der Waals surface area (Å²) in [6, 6.07) is 6.14. The van der Waals surface area contributed by atoms with Crippen LogP contribution in [0.3, 0.4) is 0 Å². The minimum Gasteiger partial charge on any atom is -0.550 e. The Morgan fingerprint density at radius 1 is 0.696 bits per heavy atom. The number of ether oxygens (including phenoxy) is 1. The second-order valence-corrected chi connectivity index (χ2v) is 17.7. The van der Waals surface area contributed by atoms with Crippen molar-refractivity contribution in [2.45, 2.75) is 125 Å². The molecule has 0 saturated heterocycles. The van der Waals surface area contributed by atoms with Gasteiger partial charge < -0.3 is 24.5 Å². The molecule has 0 spiro atoms. The zero-order valence-corrected chi connectivity index (χ0v) is 33.9. The molecule has 6 rings (SSSR count). The molecule has 1 aromatic rings.